The van der Waals surface area contributed by atoms with Gasteiger partial charge >= 0.3 is 0 Å². The lowest BCUT2D eigenvalue weighted by molar-refractivity contribution is -0.378. The highest BCUT2D eigenvalue weighted by molar-refractivity contribution is 6.01. The largest absolute Gasteiger partial charge is 0.497 e. The first-order chi connectivity index (χ1) is 18.0. The number of rotatable bonds is 7. The van der Waals surface area contributed by atoms with E-state index in [0.717, 1.165) is 16.7 Å². The molecule has 2 unspecified atom stereocenters. The Hall–Kier alpha value is -4.52. The Labute approximate surface area is 214 Å². The number of amides is 2. The van der Waals surface area contributed by atoms with Crippen LogP contribution in [0.3, 0.4) is 0 Å². The Balaban J connectivity index is 1.58. The van der Waals surface area contributed by atoms with E-state index in [1.165, 1.54) is 12.1 Å². The third-order valence-corrected chi connectivity index (χ3v) is 6.68. The molecule has 0 saturated carbocycles. The first-order valence-corrected chi connectivity index (χ1v) is 12.1. The summed E-state index contributed by atoms with van der Waals surface area (Å²) in [4.78, 5) is 32.4. The number of aromatic amines is 1. The van der Waals surface area contributed by atoms with Crippen molar-refractivity contribution in [3.63, 3.8) is 0 Å². The Bertz CT molecular complexity index is 1390. The molecule has 0 fully saturated rings. The van der Waals surface area contributed by atoms with Gasteiger partial charge in [0.1, 0.15) is 11.6 Å². The van der Waals surface area contributed by atoms with Gasteiger partial charge in [-0.05, 0) is 53.1 Å². The summed E-state index contributed by atoms with van der Waals surface area (Å²) in [5.74, 6) is -0.689. The molecule has 2 amide bonds. The van der Waals surface area contributed by atoms with Crippen LogP contribution in [0.4, 0.5) is 4.39 Å². The van der Waals surface area contributed by atoms with Crippen molar-refractivity contribution in [3.8, 4) is 5.75 Å². The molecule has 0 aliphatic carbocycles. The van der Waals surface area contributed by atoms with Crippen molar-refractivity contribution in [2.45, 2.75) is 25.0 Å². The van der Waals surface area contributed by atoms with E-state index >= 15 is 0 Å². The smallest absolute Gasteiger partial charge is 0.255 e. The SMILES string of the molecule is COc1ccc(C2C(C(=O)NCc3ccc[nH+]c3)c3ccccc3C(=O)N2Cc2ccc(F)cc2)cc1. The lowest BCUT2D eigenvalue weighted by Gasteiger charge is -2.42. The zero-order valence-electron chi connectivity index (χ0n) is 20.4. The molecular weight excluding hydrogens is 469 g/mol. The molecule has 2 atom stereocenters. The normalized spacial score (nSPS) is 16.7. The Morgan fingerprint density at radius 1 is 0.973 bits per heavy atom. The molecule has 186 valence electrons. The monoisotopic (exact) mass is 496 g/mol. The number of methoxy groups -OCH3 is 1. The predicted molar refractivity (Wildman–Crippen MR) is 136 cm³/mol. The number of hydrogen-bond acceptors (Lipinski definition) is 3. The molecule has 1 aromatic heterocycles. The third kappa shape index (κ3) is 5.07. The first-order valence-electron chi connectivity index (χ1n) is 12.1. The van der Waals surface area contributed by atoms with Crippen LogP contribution in [-0.2, 0) is 17.9 Å². The molecule has 1 aliphatic rings. The zero-order valence-corrected chi connectivity index (χ0v) is 20.4. The van der Waals surface area contributed by atoms with Crippen molar-refractivity contribution in [2.75, 3.05) is 7.11 Å². The van der Waals surface area contributed by atoms with Gasteiger partial charge in [-0.15, -0.1) is 0 Å². The van der Waals surface area contributed by atoms with Gasteiger partial charge < -0.3 is 15.0 Å². The van der Waals surface area contributed by atoms with Gasteiger partial charge in [-0.25, -0.2) is 9.37 Å². The first kappa shape index (κ1) is 24.2. The standard InChI is InChI=1S/C30H26FN3O3/c1-37-24-14-10-22(11-15-24)28-27(29(35)33-18-21-5-4-16-32-17-21)25-6-2-3-7-26(25)30(36)34(28)19-20-8-12-23(31)13-9-20/h2-17,27-28H,18-19H2,1H3,(H,33,35)/p+1. The number of halogens is 1. The van der Waals surface area contributed by atoms with E-state index in [-0.39, 0.29) is 24.2 Å². The minimum absolute atomic E-state index is 0.178. The van der Waals surface area contributed by atoms with E-state index in [9.17, 15) is 14.0 Å². The number of pyridine rings is 1. The molecule has 7 heteroatoms. The molecule has 1 aliphatic heterocycles. The number of fused-ring (bicyclic) bond motifs is 1. The predicted octanol–water partition coefficient (Wildman–Crippen LogP) is 4.45. The van der Waals surface area contributed by atoms with Crippen LogP contribution in [0.2, 0.25) is 0 Å². The lowest BCUT2D eigenvalue weighted by Crippen LogP contribution is -2.47. The molecule has 37 heavy (non-hydrogen) atoms. The van der Waals surface area contributed by atoms with Crippen LogP contribution in [0.5, 0.6) is 5.75 Å². The molecule has 4 aromatic rings. The maximum Gasteiger partial charge on any atom is 0.255 e. The van der Waals surface area contributed by atoms with E-state index in [2.05, 4.69) is 10.3 Å². The van der Waals surface area contributed by atoms with Crippen LogP contribution in [0.25, 0.3) is 0 Å². The Morgan fingerprint density at radius 3 is 2.43 bits per heavy atom. The second kappa shape index (κ2) is 10.6. The van der Waals surface area contributed by atoms with Crippen LogP contribution in [0.1, 0.15) is 44.6 Å². The number of carbonyl (C=O) groups excluding carboxylic acids is 2. The highest BCUT2D eigenvalue weighted by Crippen LogP contribution is 2.44. The van der Waals surface area contributed by atoms with Gasteiger partial charge in [-0.3, -0.25) is 9.59 Å². The zero-order chi connectivity index (χ0) is 25.8. The van der Waals surface area contributed by atoms with Crippen molar-refractivity contribution in [3.05, 3.63) is 131 Å². The summed E-state index contributed by atoms with van der Waals surface area (Å²) in [5.41, 5.74) is 3.68. The average molecular weight is 497 g/mol. The fourth-order valence-electron chi connectivity index (χ4n) is 4.85. The fraction of sp³-hybridized carbons (Fsp3) is 0.167. The minimum atomic E-state index is -0.657. The second-order valence-corrected chi connectivity index (χ2v) is 8.97. The molecule has 5 rings (SSSR count). The van der Waals surface area contributed by atoms with Gasteiger partial charge in [-0.2, -0.15) is 0 Å². The molecule has 2 heterocycles. The summed E-state index contributed by atoms with van der Waals surface area (Å²) in [6, 6.07) is 24.0. The molecule has 0 spiro atoms. The maximum atomic E-state index is 13.9. The number of carbonyl (C=O) groups is 2. The summed E-state index contributed by atoms with van der Waals surface area (Å²) in [5, 5.41) is 3.07. The highest BCUT2D eigenvalue weighted by atomic mass is 19.1. The lowest BCUT2D eigenvalue weighted by atomic mass is 9.79. The van der Waals surface area contributed by atoms with Crippen LogP contribution >= 0.6 is 0 Å². The summed E-state index contributed by atoms with van der Waals surface area (Å²) in [6.07, 6.45) is 3.64. The number of H-pyrrole nitrogens is 1. The van der Waals surface area contributed by atoms with Crippen LogP contribution in [-0.4, -0.2) is 23.8 Å². The molecule has 0 radical (unpaired) electrons. The van der Waals surface area contributed by atoms with Gasteiger partial charge in [0.25, 0.3) is 5.91 Å². The highest BCUT2D eigenvalue weighted by Gasteiger charge is 2.44. The van der Waals surface area contributed by atoms with E-state index < -0.39 is 12.0 Å². The summed E-state index contributed by atoms with van der Waals surface area (Å²) >= 11 is 0. The molecule has 0 saturated heterocycles. The van der Waals surface area contributed by atoms with Gasteiger partial charge in [0, 0.05) is 30.3 Å². The fourth-order valence-corrected chi connectivity index (χ4v) is 4.85. The second-order valence-electron chi connectivity index (χ2n) is 8.97. The number of benzene rings is 3. The minimum Gasteiger partial charge on any atom is -0.497 e. The summed E-state index contributed by atoms with van der Waals surface area (Å²) < 4.78 is 18.9. The van der Waals surface area contributed by atoms with Gasteiger partial charge in [0.2, 0.25) is 5.91 Å². The molecule has 0 bridgehead atoms. The van der Waals surface area contributed by atoms with Crippen LogP contribution < -0.4 is 15.0 Å². The van der Waals surface area contributed by atoms with E-state index in [4.69, 9.17) is 4.74 Å². The van der Waals surface area contributed by atoms with E-state index in [0.29, 0.717) is 23.4 Å². The summed E-state index contributed by atoms with van der Waals surface area (Å²) in [6.45, 7) is 0.567. The number of nitrogens with zero attached hydrogens (tertiary/aromatic N) is 1. The van der Waals surface area contributed by atoms with Crippen molar-refractivity contribution < 1.29 is 23.7 Å². The average Bonchev–Trinajstić information content (AvgIpc) is 2.95. The van der Waals surface area contributed by atoms with Crippen molar-refractivity contribution >= 4 is 11.8 Å². The topological polar surface area (TPSA) is 72.8 Å². The molecule has 6 nitrogen and oxygen atoms in total. The molecule has 3 aromatic carbocycles. The number of ether oxygens (including phenoxy) is 1. The van der Waals surface area contributed by atoms with E-state index in [1.54, 1.807) is 42.5 Å². The third-order valence-electron chi connectivity index (χ3n) is 6.68. The van der Waals surface area contributed by atoms with Crippen molar-refractivity contribution in [2.24, 2.45) is 0 Å². The summed E-state index contributed by atoms with van der Waals surface area (Å²) in [7, 11) is 1.59. The van der Waals surface area contributed by atoms with Crippen molar-refractivity contribution in [1.29, 1.82) is 0 Å². The van der Waals surface area contributed by atoms with E-state index in [1.807, 2.05) is 54.7 Å². The van der Waals surface area contributed by atoms with Gasteiger partial charge in [-0.1, -0.05) is 42.5 Å². The van der Waals surface area contributed by atoms with Gasteiger partial charge in [0.05, 0.1) is 19.1 Å². The molecule has 2 N–H and O–H groups in total. The number of aromatic nitrogens is 1. The Morgan fingerprint density at radius 2 is 1.73 bits per heavy atom. The number of hydrogen-bond donors (Lipinski definition) is 1. The maximum absolute atomic E-state index is 13.9. The number of nitrogens with one attached hydrogen (secondary N) is 2. The quantitative estimate of drug-likeness (QED) is 0.411. The van der Waals surface area contributed by atoms with Crippen molar-refractivity contribution in [1.82, 2.24) is 10.2 Å². The molecular formula is C30H27FN3O3+. The van der Waals surface area contributed by atoms with Gasteiger partial charge in [0.15, 0.2) is 12.4 Å². The Kier molecular flexibility index (Phi) is 6.94. The van der Waals surface area contributed by atoms with Crippen LogP contribution in [0.15, 0.2) is 97.3 Å². The van der Waals surface area contributed by atoms with Crippen LogP contribution in [0, 0.1) is 5.82 Å².